The zero-order valence-corrected chi connectivity index (χ0v) is 11.9. The maximum Gasteiger partial charge on any atom is 0.260 e. The van der Waals surface area contributed by atoms with Gasteiger partial charge in [0.25, 0.3) is 5.22 Å². The highest BCUT2D eigenvalue weighted by Crippen LogP contribution is 2.35. The van der Waals surface area contributed by atoms with E-state index in [1.165, 1.54) is 11.8 Å². The lowest BCUT2D eigenvalue weighted by molar-refractivity contribution is 0.454. The van der Waals surface area contributed by atoms with E-state index in [1.807, 2.05) is 19.1 Å². The predicted octanol–water partition coefficient (Wildman–Crippen LogP) is 3.90. The number of aryl methyl sites for hydroxylation is 1. The Morgan fingerprint density at radius 1 is 1.44 bits per heavy atom. The average molecular weight is 283 g/mol. The molecule has 0 aliphatic carbocycles. The summed E-state index contributed by atoms with van der Waals surface area (Å²) in [6.07, 6.45) is 1.64. The fourth-order valence-electron chi connectivity index (χ4n) is 1.53. The van der Waals surface area contributed by atoms with Gasteiger partial charge in [0.15, 0.2) is 0 Å². The van der Waals surface area contributed by atoms with Crippen molar-refractivity contribution in [3.63, 3.8) is 0 Å². The van der Waals surface area contributed by atoms with E-state index < -0.39 is 0 Å². The third kappa shape index (κ3) is 3.28. The largest absolute Gasteiger partial charge is 0.439 e. The molecule has 3 nitrogen and oxygen atoms in total. The molecule has 0 radical (unpaired) electrons. The topological polar surface area (TPSA) is 38.1 Å². The summed E-state index contributed by atoms with van der Waals surface area (Å²) in [5, 5.41) is 4.65. The summed E-state index contributed by atoms with van der Waals surface area (Å²) in [6.45, 7) is 5.70. The highest BCUT2D eigenvalue weighted by molar-refractivity contribution is 7.99. The first-order chi connectivity index (χ1) is 8.70. The van der Waals surface area contributed by atoms with Crippen LogP contribution in [0.3, 0.4) is 0 Å². The van der Waals surface area contributed by atoms with Crippen molar-refractivity contribution in [2.45, 2.75) is 30.5 Å². The summed E-state index contributed by atoms with van der Waals surface area (Å²) < 4.78 is 5.36. The second kappa shape index (κ2) is 6.27. The van der Waals surface area contributed by atoms with Crippen molar-refractivity contribution in [2.75, 3.05) is 6.54 Å². The molecule has 1 aromatic carbocycles. The maximum atomic E-state index is 6.25. The summed E-state index contributed by atoms with van der Waals surface area (Å²) in [4.78, 5) is 5.29. The second-order valence-electron chi connectivity index (χ2n) is 3.87. The van der Waals surface area contributed by atoms with Gasteiger partial charge in [-0.15, -0.1) is 0 Å². The number of rotatable bonds is 5. The van der Waals surface area contributed by atoms with Gasteiger partial charge in [0.1, 0.15) is 6.26 Å². The standard InChI is InChI=1S/C13H15ClN2OS/c1-3-15-7-10-5-4-6-11(14)12(10)18-13-16-9(2)8-17-13/h4-6,8,15H,3,7H2,1-2H3. The summed E-state index contributed by atoms with van der Waals surface area (Å²) in [5.74, 6) is 0. The van der Waals surface area contributed by atoms with Crippen LogP contribution in [0.1, 0.15) is 18.2 Å². The van der Waals surface area contributed by atoms with Gasteiger partial charge in [-0.1, -0.05) is 30.7 Å². The molecule has 2 aromatic rings. The predicted molar refractivity (Wildman–Crippen MR) is 74.2 cm³/mol. The van der Waals surface area contributed by atoms with Gasteiger partial charge in [-0.05, 0) is 36.9 Å². The lowest BCUT2D eigenvalue weighted by atomic mass is 10.2. The number of hydrogen-bond acceptors (Lipinski definition) is 4. The Balaban J connectivity index is 2.24. The Morgan fingerprint density at radius 3 is 2.94 bits per heavy atom. The van der Waals surface area contributed by atoms with E-state index in [0.717, 1.165) is 34.3 Å². The molecule has 96 valence electrons. The Morgan fingerprint density at radius 2 is 2.28 bits per heavy atom. The van der Waals surface area contributed by atoms with Crippen LogP contribution in [0.15, 0.2) is 39.0 Å². The van der Waals surface area contributed by atoms with Crippen LogP contribution in [0.25, 0.3) is 0 Å². The zero-order chi connectivity index (χ0) is 13.0. The SMILES string of the molecule is CCNCc1cccc(Cl)c1Sc1nc(C)co1. The summed E-state index contributed by atoms with van der Waals surface area (Å²) in [5.41, 5.74) is 2.03. The van der Waals surface area contributed by atoms with Crippen molar-refractivity contribution in [3.05, 3.63) is 40.7 Å². The van der Waals surface area contributed by atoms with Crippen LogP contribution in [0.5, 0.6) is 0 Å². The molecule has 0 amide bonds. The van der Waals surface area contributed by atoms with Crippen LogP contribution in [-0.4, -0.2) is 11.5 Å². The number of hydrogen-bond donors (Lipinski definition) is 1. The van der Waals surface area contributed by atoms with Gasteiger partial charge >= 0.3 is 0 Å². The minimum absolute atomic E-state index is 0.623. The van der Waals surface area contributed by atoms with Crippen molar-refractivity contribution in [1.29, 1.82) is 0 Å². The lowest BCUT2D eigenvalue weighted by Crippen LogP contribution is -2.12. The van der Waals surface area contributed by atoms with Crippen LogP contribution in [-0.2, 0) is 6.54 Å². The molecule has 0 unspecified atom stereocenters. The Kier molecular flexibility index (Phi) is 4.69. The minimum Gasteiger partial charge on any atom is -0.439 e. The average Bonchev–Trinajstić information content (AvgIpc) is 2.76. The van der Waals surface area contributed by atoms with Gasteiger partial charge in [-0.2, -0.15) is 0 Å². The van der Waals surface area contributed by atoms with Gasteiger partial charge < -0.3 is 9.73 Å². The normalized spacial score (nSPS) is 10.8. The number of oxazole rings is 1. The van der Waals surface area contributed by atoms with Crippen LogP contribution >= 0.6 is 23.4 Å². The van der Waals surface area contributed by atoms with E-state index in [-0.39, 0.29) is 0 Å². The molecular formula is C13H15ClN2OS. The van der Waals surface area contributed by atoms with Gasteiger partial charge in [0.2, 0.25) is 0 Å². The van der Waals surface area contributed by atoms with E-state index in [0.29, 0.717) is 5.22 Å². The summed E-state index contributed by atoms with van der Waals surface area (Å²) in [6, 6.07) is 5.90. The molecule has 1 heterocycles. The molecule has 0 bridgehead atoms. The van der Waals surface area contributed by atoms with Crippen molar-refractivity contribution in [3.8, 4) is 0 Å². The quantitative estimate of drug-likeness (QED) is 0.903. The van der Waals surface area contributed by atoms with Crippen LogP contribution in [0.4, 0.5) is 0 Å². The lowest BCUT2D eigenvalue weighted by Gasteiger charge is -2.09. The Labute approximate surface area is 116 Å². The molecule has 0 aliphatic rings. The van der Waals surface area contributed by atoms with Gasteiger partial charge in [-0.25, -0.2) is 4.98 Å². The van der Waals surface area contributed by atoms with E-state index in [1.54, 1.807) is 6.26 Å². The summed E-state index contributed by atoms with van der Waals surface area (Å²) >= 11 is 7.71. The Hall–Kier alpha value is -0.970. The first-order valence-electron chi connectivity index (χ1n) is 5.78. The fourth-order valence-corrected chi connectivity index (χ4v) is 2.74. The second-order valence-corrected chi connectivity index (χ2v) is 5.23. The van der Waals surface area contributed by atoms with Gasteiger partial charge in [-0.3, -0.25) is 0 Å². The van der Waals surface area contributed by atoms with E-state index in [9.17, 15) is 0 Å². The van der Waals surface area contributed by atoms with Crippen molar-refractivity contribution >= 4 is 23.4 Å². The molecule has 1 N–H and O–H groups in total. The van der Waals surface area contributed by atoms with Crippen molar-refractivity contribution in [1.82, 2.24) is 10.3 Å². The number of aromatic nitrogens is 1. The third-order valence-electron chi connectivity index (χ3n) is 2.40. The molecule has 0 spiro atoms. The monoisotopic (exact) mass is 282 g/mol. The minimum atomic E-state index is 0.623. The number of nitrogens with zero attached hydrogens (tertiary/aromatic N) is 1. The molecule has 2 rings (SSSR count). The molecule has 0 atom stereocenters. The smallest absolute Gasteiger partial charge is 0.260 e. The fraction of sp³-hybridized carbons (Fsp3) is 0.308. The molecule has 0 saturated heterocycles. The number of halogens is 1. The molecule has 1 aromatic heterocycles. The van der Waals surface area contributed by atoms with Crippen LogP contribution in [0, 0.1) is 6.92 Å². The van der Waals surface area contributed by atoms with E-state index in [2.05, 4.69) is 23.3 Å². The van der Waals surface area contributed by atoms with Gasteiger partial charge in [0, 0.05) is 11.4 Å². The van der Waals surface area contributed by atoms with E-state index in [4.69, 9.17) is 16.0 Å². The molecule has 0 saturated carbocycles. The Bertz CT molecular complexity index is 527. The molecular weight excluding hydrogens is 268 g/mol. The molecule has 18 heavy (non-hydrogen) atoms. The highest BCUT2D eigenvalue weighted by Gasteiger charge is 2.11. The van der Waals surface area contributed by atoms with Crippen LogP contribution < -0.4 is 5.32 Å². The van der Waals surface area contributed by atoms with Crippen molar-refractivity contribution in [2.24, 2.45) is 0 Å². The highest BCUT2D eigenvalue weighted by atomic mass is 35.5. The molecule has 0 aliphatic heterocycles. The zero-order valence-electron chi connectivity index (χ0n) is 10.4. The first-order valence-corrected chi connectivity index (χ1v) is 6.98. The molecule has 5 heteroatoms. The van der Waals surface area contributed by atoms with Crippen LogP contribution in [0.2, 0.25) is 5.02 Å². The number of nitrogens with one attached hydrogen (secondary N) is 1. The van der Waals surface area contributed by atoms with Crippen molar-refractivity contribution < 1.29 is 4.42 Å². The summed E-state index contributed by atoms with van der Waals surface area (Å²) in [7, 11) is 0. The third-order valence-corrected chi connectivity index (χ3v) is 3.88. The van der Waals surface area contributed by atoms with E-state index >= 15 is 0 Å². The van der Waals surface area contributed by atoms with Gasteiger partial charge in [0.05, 0.1) is 10.7 Å². The first kappa shape index (κ1) is 13.5. The number of benzene rings is 1. The maximum absolute atomic E-state index is 6.25. The molecule has 0 fully saturated rings.